The van der Waals surface area contributed by atoms with Crippen molar-refractivity contribution in [3.8, 4) is 17.2 Å². The molecule has 0 aromatic heterocycles. The maximum absolute atomic E-state index is 12.8. The van der Waals surface area contributed by atoms with Crippen molar-refractivity contribution < 1.29 is 22.7 Å². The molecule has 0 aliphatic heterocycles. The van der Waals surface area contributed by atoms with Crippen molar-refractivity contribution in [3.63, 3.8) is 0 Å². The number of hydrogen-bond acceptors (Lipinski definition) is 5. The third kappa shape index (κ3) is 6.01. The lowest BCUT2D eigenvalue weighted by molar-refractivity contribution is -0.116. The van der Waals surface area contributed by atoms with Gasteiger partial charge in [-0.3, -0.25) is 9.10 Å². The maximum Gasteiger partial charge on any atom is 0.247 e. The number of sulfonamides is 1. The standard InChI is InChI=1S/C24H26N2O5S/c1-4-30-21-14-10-19(11-15-21)25-24(27)18(2)26(32(3,28)29)20-12-16-23(17-13-20)31-22-8-6-5-7-9-22/h5-18H,4H2,1-3H3,(H,25,27). The molecule has 8 heteroatoms. The highest BCUT2D eigenvalue weighted by atomic mass is 32.2. The first-order valence-electron chi connectivity index (χ1n) is 10.1. The van der Waals surface area contributed by atoms with E-state index >= 15 is 0 Å². The number of ether oxygens (including phenoxy) is 2. The summed E-state index contributed by atoms with van der Waals surface area (Å²) in [5.41, 5.74) is 0.910. The predicted molar refractivity (Wildman–Crippen MR) is 126 cm³/mol. The minimum atomic E-state index is -3.73. The Bertz CT molecular complexity index is 1130. The van der Waals surface area contributed by atoms with Gasteiger partial charge >= 0.3 is 0 Å². The highest BCUT2D eigenvalue weighted by Gasteiger charge is 2.29. The van der Waals surface area contributed by atoms with E-state index in [0.29, 0.717) is 35.2 Å². The van der Waals surface area contributed by atoms with E-state index in [2.05, 4.69) is 5.32 Å². The van der Waals surface area contributed by atoms with Gasteiger partial charge in [-0.05, 0) is 74.5 Å². The van der Waals surface area contributed by atoms with Gasteiger partial charge in [-0.25, -0.2) is 8.42 Å². The van der Waals surface area contributed by atoms with Crippen molar-refractivity contribution in [2.45, 2.75) is 19.9 Å². The third-order valence-corrected chi connectivity index (χ3v) is 5.83. The molecule has 0 aliphatic carbocycles. The van der Waals surface area contributed by atoms with E-state index in [9.17, 15) is 13.2 Å². The smallest absolute Gasteiger partial charge is 0.247 e. The average molecular weight is 455 g/mol. The number of anilines is 2. The fourth-order valence-electron chi connectivity index (χ4n) is 3.14. The number of para-hydroxylation sites is 1. The predicted octanol–water partition coefficient (Wildman–Crippen LogP) is 4.67. The molecule has 0 saturated heterocycles. The Labute approximate surface area is 188 Å². The highest BCUT2D eigenvalue weighted by Crippen LogP contribution is 2.27. The molecule has 3 rings (SSSR count). The SMILES string of the molecule is CCOc1ccc(NC(=O)C(C)N(c2ccc(Oc3ccccc3)cc2)S(C)(=O)=O)cc1. The van der Waals surface area contributed by atoms with Gasteiger partial charge in [-0.2, -0.15) is 0 Å². The summed E-state index contributed by atoms with van der Waals surface area (Å²) in [4.78, 5) is 12.8. The fraction of sp³-hybridized carbons (Fsp3) is 0.208. The summed E-state index contributed by atoms with van der Waals surface area (Å²) in [6, 6.07) is 21.7. The van der Waals surface area contributed by atoms with Crippen molar-refractivity contribution in [2.24, 2.45) is 0 Å². The average Bonchev–Trinajstić information content (AvgIpc) is 2.76. The molecular formula is C24H26N2O5S. The summed E-state index contributed by atoms with van der Waals surface area (Å²) >= 11 is 0. The van der Waals surface area contributed by atoms with Crippen LogP contribution in [0.15, 0.2) is 78.9 Å². The van der Waals surface area contributed by atoms with Gasteiger partial charge in [0, 0.05) is 5.69 Å². The highest BCUT2D eigenvalue weighted by molar-refractivity contribution is 7.92. The van der Waals surface area contributed by atoms with Crippen LogP contribution < -0.4 is 19.1 Å². The van der Waals surface area contributed by atoms with Gasteiger partial charge in [-0.15, -0.1) is 0 Å². The molecule has 0 fully saturated rings. The number of rotatable bonds is 9. The quantitative estimate of drug-likeness (QED) is 0.508. The summed E-state index contributed by atoms with van der Waals surface area (Å²) in [5, 5.41) is 2.75. The number of nitrogens with one attached hydrogen (secondary N) is 1. The van der Waals surface area contributed by atoms with Crippen LogP contribution in [0.5, 0.6) is 17.2 Å². The van der Waals surface area contributed by atoms with Crippen molar-refractivity contribution in [1.82, 2.24) is 0 Å². The van der Waals surface area contributed by atoms with Gasteiger partial charge in [0.2, 0.25) is 15.9 Å². The zero-order chi connectivity index (χ0) is 23.1. The van der Waals surface area contributed by atoms with Gasteiger partial charge in [0.25, 0.3) is 0 Å². The van der Waals surface area contributed by atoms with Gasteiger partial charge in [-0.1, -0.05) is 18.2 Å². The van der Waals surface area contributed by atoms with Crippen LogP contribution in [-0.4, -0.2) is 33.2 Å². The van der Waals surface area contributed by atoms with E-state index in [1.807, 2.05) is 37.3 Å². The normalized spacial score (nSPS) is 12.0. The lowest BCUT2D eigenvalue weighted by Crippen LogP contribution is -2.45. The van der Waals surface area contributed by atoms with Crippen LogP contribution in [0.25, 0.3) is 0 Å². The Morgan fingerprint density at radius 2 is 1.47 bits per heavy atom. The first-order valence-corrected chi connectivity index (χ1v) is 12.0. The Balaban J connectivity index is 1.76. The number of carbonyl (C=O) groups is 1. The molecule has 0 aliphatic rings. The summed E-state index contributed by atoms with van der Waals surface area (Å²) in [6.07, 6.45) is 1.07. The Morgan fingerprint density at radius 1 is 0.906 bits per heavy atom. The molecule has 3 aromatic carbocycles. The molecule has 32 heavy (non-hydrogen) atoms. The summed E-state index contributed by atoms with van der Waals surface area (Å²) < 4.78 is 37.3. The monoisotopic (exact) mass is 454 g/mol. The molecule has 0 bridgehead atoms. The molecule has 0 radical (unpaired) electrons. The van der Waals surface area contributed by atoms with Crippen LogP contribution in [0, 0.1) is 0 Å². The molecule has 1 atom stereocenters. The molecule has 0 spiro atoms. The second-order valence-electron chi connectivity index (χ2n) is 7.09. The molecule has 0 heterocycles. The Kier molecular flexibility index (Phi) is 7.37. The molecule has 1 amide bonds. The molecule has 1 N–H and O–H groups in total. The minimum Gasteiger partial charge on any atom is -0.494 e. The van der Waals surface area contributed by atoms with Gasteiger partial charge in [0.05, 0.1) is 18.6 Å². The lowest BCUT2D eigenvalue weighted by Gasteiger charge is -2.28. The van der Waals surface area contributed by atoms with Crippen LogP contribution >= 0.6 is 0 Å². The van der Waals surface area contributed by atoms with Gasteiger partial charge in [0.1, 0.15) is 23.3 Å². The number of carbonyl (C=O) groups excluding carboxylic acids is 1. The van der Waals surface area contributed by atoms with E-state index in [0.717, 1.165) is 10.6 Å². The fourth-order valence-corrected chi connectivity index (χ4v) is 4.32. The van der Waals surface area contributed by atoms with Gasteiger partial charge in [0.15, 0.2) is 0 Å². The largest absolute Gasteiger partial charge is 0.494 e. The third-order valence-electron chi connectivity index (χ3n) is 4.59. The van der Waals surface area contributed by atoms with E-state index in [4.69, 9.17) is 9.47 Å². The van der Waals surface area contributed by atoms with Crippen LogP contribution in [0.4, 0.5) is 11.4 Å². The molecule has 168 valence electrons. The van der Waals surface area contributed by atoms with Crippen molar-refractivity contribution in [2.75, 3.05) is 22.5 Å². The molecule has 0 saturated carbocycles. The zero-order valence-corrected chi connectivity index (χ0v) is 19.0. The summed E-state index contributed by atoms with van der Waals surface area (Å²) in [6.45, 7) is 3.97. The number of hydrogen-bond donors (Lipinski definition) is 1. The second kappa shape index (κ2) is 10.2. The molecular weight excluding hydrogens is 428 g/mol. The van der Waals surface area contributed by atoms with Crippen molar-refractivity contribution in [3.05, 3.63) is 78.9 Å². The van der Waals surface area contributed by atoms with E-state index in [-0.39, 0.29) is 0 Å². The second-order valence-corrected chi connectivity index (χ2v) is 8.95. The number of amides is 1. The minimum absolute atomic E-state index is 0.363. The molecule has 3 aromatic rings. The van der Waals surface area contributed by atoms with Crippen LogP contribution in [0.3, 0.4) is 0 Å². The van der Waals surface area contributed by atoms with Crippen molar-refractivity contribution in [1.29, 1.82) is 0 Å². The molecule has 1 unspecified atom stereocenters. The van der Waals surface area contributed by atoms with Crippen LogP contribution in [0.1, 0.15) is 13.8 Å². The van der Waals surface area contributed by atoms with E-state index in [1.165, 1.54) is 0 Å². The Hall–Kier alpha value is -3.52. The van der Waals surface area contributed by atoms with Crippen LogP contribution in [0.2, 0.25) is 0 Å². The Morgan fingerprint density at radius 3 is 2.03 bits per heavy atom. The topological polar surface area (TPSA) is 84.9 Å². The maximum atomic E-state index is 12.8. The first-order chi connectivity index (χ1) is 15.3. The van der Waals surface area contributed by atoms with Crippen molar-refractivity contribution >= 4 is 27.3 Å². The van der Waals surface area contributed by atoms with E-state index < -0.39 is 22.0 Å². The number of nitrogens with zero attached hydrogens (tertiary/aromatic N) is 1. The lowest BCUT2D eigenvalue weighted by atomic mass is 10.2. The van der Waals surface area contributed by atoms with Gasteiger partial charge < -0.3 is 14.8 Å². The summed E-state index contributed by atoms with van der Waals surface area (Å²) in [7, 11) is -3.73. The van der Waals surface area contributed by atoms with Crippen LogP contribution in [-0.2, 0) is 14.8 Å². The molecule has 7 nitrogen and oxygen atoms in total. The van der Waals surface area contributed by atoms with E-state index in [1.54, 1.807) is 55.5 Å². The zero-order valence-electron chi connectivity index (χ0n) is 18.2. The summed E-state index contributed by atoms with van der Waals surface area (Å²) in [5.74, 6) is 1.46. The first kappa shape index (κ1) is 23.1. The number of benzene rings is 3.